The van der Waals surface area contributed by atoms with E-state index < -0.39 is 0 Å². The minimum atomic E-state index is 0.0915. The summed E-state index contributed by atoms with van der Waals surface area (Å²) < 4.78 is 0. The van der Waals surface area contributed by atoms with Crippen LogP contribution in [0.4, 0.5) is 5.69 Å². The van der Waals surface area contributed by atoms with Crippen molar-refractivity contribution in [2.24, 2.45) is 0 Å². The highest BCUT2D eigenvalue weighted by atomic mass is 16.2. The van der Waals surface area contributed by atoms with Gasteiger partial charge in [-0.3, -0.25) is 9.59 Å². The zero-order chi connectivity index (χ0) is 17.7. The molecule has 1 heterocycles. The number of carbonyl (C=O) groups is 2. The van der Waals surface area contributed by atoms with Crippen molar-refractivity contribution in [3.63, 3.8) is 0 Å². The van der Waals surface area contributed by atoms with Crippen molar-refractivity contribution < 1.29 is 9.59 Å². The third-order valence-corrected chi connectivity index (χ3v) is 4.61. The van der Waals surface area contributed by atoms with Crippen LogP contribution in [-0.2, 0) is 9.59 Å². The molecule has 132 valence electrons. The van der Waals surface area contributed by atoms with Gasteiger partial charge in [-0.25, -0.2) is 0 Å². The average molecular weight is 331 g/mol. The largest absolute Gasteiger partial charge is 0.376 e. The summed E-state index contributed by atoms with van der Waals surface area (Å²) >= 11 is 0. The van der Waals surface area contributed by atoms with Gasteiger partial charge in [0.05, 0.1) is 6.54 Å². The Hall–Kier alpha value is -2.04. The number of carbonyl (C=O) groups excluding carboxylic acids is 2. The zero-order valence-corrected chi connectivity index (χ0v) is 15.2. The third-order valence-electron chi connectivity index (χ3n) is 4.61. The molecule has 1 saturated heterocycles. The fourth-order valence-electron chi connectivity index (χ4n) is 3.11. The molecule has 5 nitrogen and oxygen atoms in total. The van der Waals surface area contributed by atoms with Crippen molar-refractivity contribution in [2.45, 2.75) is 39.5 Å². The van der Waals surface area contributed by atoms with Crippen molar-refractivity contribution in [3.05, 3.63) is 29.3 Å². The molecular formula is C19H29N3O2. The van der Waals surface area contributed by atoms with Crippen LogP contribution in [0.25, 0.3) is 0 Å². The lowest BCUT2D eigenvalue weighted by Crippen LogP contribution is -2.49. The molecule has 5 heteroatoms. The summed E-state index contributed by atoms with van der Waals surface area (Å²) in [5.74, 6) is 0.892. The van der Waals surface area contributed by atoms with Gasteiger partial charge in [-0.2, -0.15) is 0 Å². The molecule has 1 aromatic rings. The Morgan fingerprint density at radius 3 is 2.08 bits per heavy atom. The van der Waals surface area contributed by atoms with Crippen LogP contribution < -0.4 is 5.32 Å². The summed E-state index contributed by atoms with van der Waals surface area (Å²) in [7, 11) is 0. The van der Waals surface area contributed by atoms with Gasteiger partial charge in [0, 0.05) is 31.9 Å². The van der Waals surface area contributed by atoms with E-state index in [4.69, 9.17) is 0 Å². The van der Waals surface area contributed by atoms with Crippen molar-refractivity contribution >= 4 is 18.0 Å². The number of nitrogens with zero attached hydrogens (tertiary/aromatic N) is 2. The van der Waals surface area contributed by atoms with E-state index in [-0.39, 0.29) is 5.91 Å². The summed E-state index contributed by atoms with van der Waals surface area (Å²) in [4.78, 5) is 26.8. The quantitative estimate of drug-likeness (QED) is 0.815. The molecular weight excluding hydrogens is 302 g/mol. The van der Waals surface area contributed by atoms with Crippen molar-refractivity contribution in [3.8, 4) is 0 Å². The molecule has 0 spiro atoms. The van der Waals surface area contributed by atoms with Gasteiger partial charge in [0.2, 0.25) is 12.3 Å². The number of hydrogen-bond donors (Lipinski definition) is 1. The highest BCUT2D eigenvalue weighted by molar-refractivity contribution is 5.82. The van der Waals surface area contributed by atoms with E-state index in [1.54, 1.807) is 4.90 Å². The number of amides is 2. The molecule has 24 heavy (non-hydrogen) atoms. The van der Waals surface area contributed by atoms with Gasteiger partial charge >= 0.3 is 0 Å². The maximum absolute atomic E-state index is 12.5. The molecule has 1 aliphatic rings. The molecule has 0 atom stereocenters. The lowest BCUT2D eigenvalue weighted by Gasteiger charge is -2.33. The second kappa shape index (κ2) is 8.18. The molecule has 1 aromatic carbocycles. The summed E-state index contributed by atoms with van der Waals surface area (Å²) in [5, 5.41) is 3.39. The molecule has 0 unspecified atom stereocenters. The average Bonchev–Trinajstić information content (AvgIpc) is 2.59. The first-order valence-corrected chi connectivity index (χ1v) is 8.77. The Morgan fingerprint density at radius 2 is 1.62 bits per heavy atom. The highest BCUT2D eigenvalue weighted by Gasteiger charge is 2.21. The maximum Gasteiger partial charge on any atom is 0.241 e. The standard InChI is InChI=1S/C19H29N3O2/c1-14(2)16-6-5-7-17(15(3)4)19(16)20-12-18(24)22-10-8-21(13-23)9-11-22/h5-7,13-15,20H,8-12H2,1-4H3. The van der Waals surface area contributed by atoms with Crippen LogP contribution >= 0.6 is 0 Å². The summed E-state index contributed by atoms with van der Waals surface area (Å²) in [5.41, 5.74) is 3.60. The van der Waals surface area contributed by atoms with E-state index in [0.717, 1.165) is 12.1 Å². The van der Waals surface area contributed by atoms with Crippen LogP contribution in [0, 0.1) is 0 Å². The van der Waals surface area contributed by atoms with Gasteiger partial charge in [-0.1, -0.05) is 45.9 Å². The zero-order valence-electron chi connectivity index (χ0n) is 15.2. The molecule has 2 rings (SSSR count). The smallest absolute Gasteiger partial charge is 0.241 e. The highest BCUT2D eigenvalue weighted by Crippen LogP contribution is 2.32. The monoisotopic (exact) mass is 331 g/mol. The predicted molar refractivity (Wildman–Crippen MR) is 97.3 cm³/mol. The van der Waals surface area contributed by atoms with Crippen molar-refractivity contribution in [1.82, 2.24) is 9.80 Å². The molecule has 0 bridgehead atoms. The van der Waals surface area contributed by atoms with Gasteiger partial charge in [-0.15, -0.1) is 0 Å². The van der Waals surface area contributed by atoms with Crippen LogP contribution in [0.1, 0.15) is 50.7 Å². The van der Waals surface area contributed by atoms with Gasteiger partial charge in [0.25, 0.3) is 0 Å². The Labute approximate surface area is 145 Å². The number of hydrogen-bond acceptors (Lipinski definition) is 3. The van der Waals surface area contributed by atoms with E-state index in [0.29, 0.717) is 44.6 Å². The van der Waals surface area contributed by atoms with Gasteiger partial charge in [-0.05, 0) is 23.0 Å². The number of benzene rings is 1. The lowest BCUT2D eigenvalue weighted by atomic mass is 9.92. The van der Waals surface area contributed by atoms with E-state index >= 15 is 0 Å². The van der Waals surface area contributed by atoms with Crippen LogP contribution in [0.2, 0.25) is 0 Å². The van der Waals surface area contributed by atoms with Gasteiger partial charge in [0.15, 0.2) is 0 Å². The van der Waals surface area contributed by atoms with Crippen LogP contribution in [0.5, 0.6) is 0 Å². The minimum Gasteiger partial charge on any atom is -0.376 e. The van der Waals surface area contributed by atoms with E-state index in [2.05, 4.69) is 51.2 Å². The second-order valence-corrected chi connectivity index (χ2v) is 7.00. The first-order valence-electron chi connectivity index (χ1n) is 8.77. The number of piperazine rings is 1. The first-order chi connectivity index (χ1) is 11.4. The number of nitrogens with one attached hydrogen (secondary N) is 1. The molecule has 0 saturated carbocycles. The van der Waals surface area contributed by atoms with Gasteiger partial charge < -0.3 is 15.1 Å². The SMILES string of the molecule is CC(C)c1cccc(C(C)C)c1NCC(=O)N1CCN(C=O)CC1. The van der Waals surface area contributed by atoms with Crippen LogP contribution in [0.15, 0.2) is 18.2 Å². The van der Waals surface area contributed by atoms with Crippen molar-refractivity contribution in [1.29, 1.82) is 0 Å². The number of rotatable bonds is 6. The second-order valence-electron chi connectivity index (χ2n) is 7.00. The molecule has 1 fully saturated rings. The molecule has 2 amide bonds. The number of para-hydroxylation sites is 1. The summed E-state index contributed by atoms with van der Waals surface area (Å²) in [6.07, 6.45) is 0.855. The van der Waals surface area contributed by atoms with Crippen LogP contribution in [0.3, 0.4) is 0 Å². The Bertz CT molecular complexity index is 550. The lowest BCUT2D eigenvalue weighted by molar-refractivity contribution is -0.133. The number of anilines is 1. The third kappa shape index (κ3) is 4.28. The first kappa shape index (κ1) is 18.3. The molecule has 0 aromatic heterocycles. The van der Waals surface area contributed by atoms with Crippen LogP contribution in [-0.4, -0.2) is 54.8 Å². The minimum absolute atomic E-state index is 0.0915. The summed E-state index contributed by atoms with van der Waals surface area (Å²) in [6.45, 7) is 11.4. The van der Waals surface area contributed by atoms with E-state index in [1.165, 1.54) is 11.1 Å². The van der Waals surface area contributed by atoms with Crippen molar-refractivity contribution in [2.75, 3.05) is 38.0 Å². The maximum atomic E-state index is 12.5. The predicted octanol–water partition coefficient (Wildman–Crippen LogP) is 2.65. The Morgan fingerprint density at radius 1 is 1.08 bits per heavy atom. The molecule has 1 N–H and O–H groups in total. The molecule has 0 radical (unpaired) electrons. The fraction of sp³-hybridized carbons (Fsp3) is 0.579. The van der Waals surface area contributed by atoms with E-state index in [1.807, 2.05) is 4.90 Å². The molecule has 1 aliphatic heterocycles. The van der Waals surface area contributed by atoms with E-state index in [9.17, 15) is 9.59 Å². The fourth-order valence-corrected chi connectivity index (χ4v) is 3.11. The topological polar surface area (TPSA) is 52.7 Å². The normalized spacial score (nSPS) is 15.1. The van der Waals surface area contributed by atoms with Gasteiger partial charge in [0.1, 0.15) is 0 Å². The Kier molecular flexibility index (Phi) is 6.23. The Balaban J connectivity index is 2.06. The molecule has 0 aliphatic carbocycles. The summed E-state index contributed by atoms with van der Waals surface area (Å²) in [6, 6.07) is 6.36.